The minimum absolute atomic E-state index is 0.123. The van der Waals surface area contributed by atoms with Gasteiger partial charge in [0.15, 0.2) is 0 Å². The zero-order valence-electron chi connectivity index (χ0n) is 5.58. The van der Waals surface area contributed by atoms with Gasteiger partial charge in [0, 0.05) is 6.61 Å². The molecule has 0 aromatic rings. The summed E-state index contributed by atoms with van der Waals surface area (Å²) >= 11 is 0. The highest BCUT2D eigenvalue weighted by molar-refractivity contribution is 4.76. The van der Waals surface area contributed by atoms with Crippen molar-refractivity contribution in [3.63, 3.8) is 0 Å². The summed E-state index contributed by atoms with van der Waals surface area (Å²) in [6.45, 7) is 0.123. The van der Waals surface area contributed by atoms with Crippen molar-refractivity contribution < 1.29 is 10.2 Å². The van der Waals surface area contributed by atoms with Crippen LogP contribution in [0.4, 0.5) is 0 Å². The highest BCUT2D eigenvalue weighted by Crippen LogP contribution is 2.30. The smallest absolute Gasteiger partial charge is 0.0590 e. The Balaban J connectivity index is 2.08. The monoisotopic (exact) mass is 130 g/mol. The zero-order valence-corrected chi connectivity index (χ0v) is 5.58. The van der Waals surface area contributed by atoms with Gasteiger partial charge >= 0.3 is 0 Å². The second kappa shape index (κ2) is 3.18. The summed E-state index contributed by atoms with van der Waals surface area (Å²) < 4.78 is 0. The second-order valence-electron chi connectivity index (χ2n) is 2.77. The average Bonchev–Trinajstić information content (AvgIpc) is 1.60. The van der Waals surface area contributed by atoms with Crippen LogP contribution >= 0.6 is 0 Å². The molecule has 0 radical (unpaired) electrons. The first-order valence-corrected chi connectivity index (χ1v) is 3.63. The lowest BCUT2D eigenvalue weighted by molar-refractivity contribution is 0.0418. The normalized spacial score (nSPS) is 23.3. The van der Waals surface area contributed by atoms with Crippen molar-refractivity contribution in [1.29, 1.82) is 0 Å². The highest BCUT2D eigenvalue weighted by Gasteiger charge is 2.24. The first-order chi connectivity index (χ1) is 4.34. The Morgan fingerprint density at radius 2 is 2.11 bits per heavy atom. The van der Waals surface area contributed by atoms with E-state index in [1.54, 1.807) is 0 Å². The third-order valence-corrected chi connectivity index (χ3v) is 2.12. The van der Waals surface area contributed by atoms with Gasteiger partial charge in [0.25, 0.3) is 0 Å². The topological polar surface area (TPSA) is 40.5 Å². The minimum atomic E-state index is -0.233. The van der Waals surface area contributed by atoms with Crippen molar-refractivity contribution >= 4 is 0 Å². The first kappa shape index (κ1) is 7.03. The second-order valence-corrected chi connectivity index (χ2v) is 2.77. The Hall–Kier alpha value is -0.0800. The van der Waals surface area contributed by atoms with E-state index in [2.05, 4.69) is 0 Å². The van der Waals surface area contributed by atoms with Gasteiger partial charge in [-0.25, -0.2) is 0 Å². The molecule has 0 aliphatic heterocycles. The Morgan fingerprint density at radius 1 is 1.44 bits per heavy atom. The summed E-state index contributed by atoms with van der Waals surface area (Å²) in [5.74, 6) is 0.497. The zero-order chi connectivity index (χ0) is 6.69. The number of hydrogen-bond acceptors (Lipinski definition) is 2. The van der Waals surface area contributed by atoms with Gasteiger partial charge in [0.1, 0.15) is 0 Å². The average molecular weight is 130 g/mol. The van der Waals surface area contributed by atoms with Crippen LogP contribution in [0.1, 0.15) is 25.7 Å². The molecule has 1 aliphatic carbocycles. The standard InChI is InChI=1S/C7H14O2/c8-5-4-7(9)6-2-1-3-6/h6-9H,1-5H2/t7-/m0/s1. The maximum atomic E-state index is 9.21. The summed E-state index contributed by atoms with van der Waals surface area (Å²) in [7, 11) is 0. The van der Waals surface area contributed by atoms with E-state index >= 15 is 0 Å². The molecule has 1 rings (SSSR count). The number of hydrogen-bond donors (Lipinski definition) is 2. The van der Waals surface area contributed by atoms with Crippen LogP contribution in [-0.2, 0) is 0 Å². The van der Waals surface area contributed by atoms with Crippen molar-refractivity contribution in [1.82, 2.24) is 0 Å². The molecule has 0 bridgehead atoms. The predicted octanol–water partition coefficient (Wildman–Crippen LogP) is 0.530. The van der Waals surface area contributed by atoms with Crippen LogP contribution in [0, 0.1) is 5.92 Å². The van der Waals surface area contributed by atoms with Gasteiger partial charge in [-0.15, -0.1) is 0 Å². The van der Waals surface area contributed by atoms with Crippen LogP contribution in [0.5, 0.6) is 0 Å². The van der Waals surface area contributed by atoms with Gasteiger partial charge in [-0.2, -0.15) is 0 Å². The van der Waals surface area contributed by atoms with Crippen molar-refractivity contribution in [3.8, 4) is 0 Å². The number of aliphatic hydroxyl groups is 2. The third kappa shape index (κ3) is 1.66. The fourth-order valence-electron chi connectivity index (χ4n) is 1.19. The number of aliphatic hydroxyl groups excluding tert-OH is 2. The summed E-state index contributed by atoms with van der Waals surface area (Å²) in [6.07, 6.45) is 3.89. The van der Waals surface area contributed by atoms with Crippen molar-refractivity contribution in [2.75, 3.05) is 6.61 Å². The van der Waals surface area contributed by atoms with Crippen LogP contribution in [0.2, 0.25) is 0 Å². The molecule has 0 unspecified atom stereocenters. The van der Waals surface area contributed by atoms with Gasteiger partial charge < -0.3 is 10.2 Å². The Bertz CT molecular complexity index is 79.0. The summed E-state index contributed by atoms with van der Waals surface area (Å²) in [6, 6.07) is 0. The molecule has 0 spiro atoms. The molecule has 1 fully saturated rings. The van der Waals surface area contributed by atoms with E-state index in [-0.39, 0.29) is 12.7 Å². The Labute approximate surface area is 55.5 Å². The fraction of sp³-hybridized carbons (Fsp3) is 1.00. The lowest BCUT2D eigenvalue weighted by atomic mass is 9.80. The minimum Gasteiger partial charge on any atom is -0.396 e. The van der Waals surface area contributed by atoms with Gasteiger partial charge in [0.2, 0.25) is 0 Å². The van der Waals surface area contributed by atoms with E-state index in [1.165, 1.54) is 6.42 Å². The van der Waals surface area contributed by atoms with E-state index < -0.39 is 0 Å². The SMILES string of the molecule is OCC[C@H](O)C1CCC1. The molecule has 0 saturated heterocycles. The number of rotatable bonds is 3. The molecule has 0 heterocycles. The van der Waals surface area contributed by atoms with Crippen LogP contribution < -0.4 is 0 Å². The summed E-state index contributed by atoms with van der Waals surface area (Å²) in [5, 5.41) is 17.7. The molecule has 0 aromatic heterocycles. The molecular formula is C7H14O2. The van der Waals surface area contributed by atoms with Gasteiger partial charge in [-0.1, -0.05) is 6.42 Å². The molecule has 9 heavy (non-hydrogen) atoms. The van der Waals surface area contributed by atoms with Gasteiger partial charge in [-0.05, 0) is 25.2 Å². The molecule has 1 saturated carbocycles. The fourth-order valence-corrected chi connectivity index (χ4v) is 1.19. The van der Waals surface area contributed by atoms with Gasteiger partial charge in [0.05, 0.1) is 6.10 Å². The van der Waals surface area contributed by atoms with Crippen LogP contribution in [0.3, 0.4) is 0 Å². The van der Waals surface area contributed by atoms with Gasteiger partial charge in [-0.3, -0.25) is 0 Å². The lowest BCUT2D eigenvalue weighted by Gasteiger charge is -2.29. The maximum absolute atomic E-state index is 9.21. The van der Waals surface area contributed by atoms with Crippen LogP contribution in [0.25, 0.3) is 0 Å². The molecule has 2 nitrogen and oxygen atoms in total. The summed E-state index contributed by atoms with van der Waals surface area (Å²) in [5.41, 5.74) is 0. The highest BCUT2D eigenvalue weighted by atomic mass is 16.3. The van der Waals surface area contributed by atoms with Crippen LogP contribution in [-0.4, -0.2) is 22.9 Å². The molecule has 1 atom stereocenters. The molecular weight excluding hydrogens is 116 g/mol. The molecule has 54 valence electrons. The van der Waals surface area contributed by atoms with Crippen molar-refractivity contribution in [2.24, 2.45) is 5.92 Å². The Kier molecular flexibility index (Phi) is 2.49. The van der Waals surface area contributed by atoms with Crippen molar-refractivity contribution in [2.45, 2.75) is 31.8 Å². The van der Waals surface area contributed by atoms with E-state index in [1.807, 2.05) is 0 Å². The van der Waals surface area contributed by atoms with E-state index in [0.717, 1.165) is 12.8 Å². The predicted molar refractivity (Wildman–Crippen MR) is 35.1 cm³/mol. The largest absolute Gasteiger partial charge is 0.396 e. The van der Waals surface area contributed by atoms with Crippen molar-refractivity contribution in [3.05, 3.63) is 0 Å². The molecule has 0 amide bonds. The maximum Gasteiger partial charge on any atom is 0.0590 e. The first-order valence-electron chi connectivity index (χ1n) is 3.63. The lowest BCUT2D eigenvalue weighted by Crippen LogP contribution is -2.27. The Morgan fingerprint density at radius 3 is 2.44 bits per heavy atom. The van der Waals surface area contributed by atoms with E-state index in [0.29, 0.717) is 12.3 Å². The van der Waals surface area contributed by atoms with E-state index in [4.69, 9.17) is 5.11 Å². The molecule has 2 heteroatoms. The van der Waals surface area contributed by atoms with Crippen LogP contribution in [0.15, 0.2) is 0 Å². The van der Waals surface area contributed by atoms with E-state index in [9.17, 15) is 5.11 Å². The third-order valence-electron chi connectivity index (χ3n) is 2.12. The molecule has 1 aliphatic rings. The molecule has 2 N–H and O–H groups in total. The quantitative estimate of drug-likeness (QED) is 0.585. The molecule has 0 aromatic carbocycles. The summed E-state index contributed by atoms with van der Waals surface area (Å²) in [4.78, 5) is 0.